The fraction of sp³-hybridized carbons (Fsp3) is 0.433. The van der Waals surface area contributed by atoms with Crippen molar-refractivity contribution in [1.82, 2.24) is 9.55 Å². The van der Waals surface area contributed by atoms with Gasteiger partial charge in [0.2, 0.25) is 0 Å². The molecule has 0 radical (unpaired) electrons. The highest BCUT2D eigenvalue weighted by atomic mass is 19.1. The molecule has 6 rings (SSSR count). The van der Waals surface area contributed by atoms with E-state index in [1.807, 2.05) is 33.8 Å². The summed E-state index contributed by atoms with van der Waals surface area (Å²) in [5.74, 6) is -0.991. The van der Waals surface area contributed by atoms with Crippen LogP contribution in [0.15, 0.2) is 29.6 Å². The highest BCUT2D eigenvalue weighted by Crippen LogP contribution is 2.46. The van der Waals surface area contributed by atoms with Gasteiger partial charge in [0.1, 0.15) is 12.4 Å². The molecule has 4 heterocycles. The summed E-state index contributed by atoms with van der Waals surface area (Å²) in [6.07, 6.45) is 1.97. The maximum absolute atomic E-state index is 14.7. The first-order valence-electron chi connectivity index (χ1n) is 13.3. The molecule has 0 spiro atoms. The largest absolute Gasteiger partial charge is 0.458 e. The summed E-state index contributed by atoms with van der Waals surface area (Å²) in [4.78, 5) is 29.8. The van der Waals surface area contributed by atoms with Gasteiger partial charge in [0.25, 0.3) is 5.56 Å². The van der Waals surface area contributed by atoms with Crippen LogP contribution < -0.4 is 5.56 Å². The summed E-state index contributed by atoms with van der Waals surface area (Å²) in [6.45, 7) is 15.9. The summed E-state index contributed by atoms with van der Waals surface area (Å²) in [5, 5.41) is 18.8. The molecule has 2 aromatic heterocycles. The average Bonchev–Trinajstić information content (AvgIpc) is 3.31. The van der Waals surface area contributed by atoms with Crippen molar-refractivity contribution in [2.75, 3.05) is 6.61 Å². The Morgan fingerprint density at radius 3 is 2.47 bits per heavy atom. The Labute approximate surface area is 222 Å². The minimum Gasteiger partial charge on any atom is -0.458 e. The van der Waals surface area contributed by atoms with Gasteiger partial charge >= 0.3 is 5.97 Å². The monoisotopic (exact) mass is 524 g/mol. The van der Waals surface area contributed by atoms with Crippen LogP contribution in [-0.4, -0.2) is 32.3 Å². The molecule has 1 aromatic carbocycles. The molecule has 2 aliphatic heterocycles. The standard InChI is InChI=1S/C24H19FN2O4.C2H6O.2C2H6/c1-3-11-4-5-12-10(2)16(25)7-17-20(12)19(11)14-8-27-18(21(14)26-17)6-13-15(23(27)29)9-31-24(30)22(13)28;1-2-3;2*1-2/h3,6-7,11,22,28H,1,4-5,8-9H2,2H3;3H,2H2,1H3;2*1-2H3. The van der Waals surface area contributed by atoms with E-state index in [1.165, 1.54) is 6.07 Å². The third-order valence-corrected chi connectivity index (χ3v) is 6.98. The summed E-state index contributed by atoms with van der Waals surface area (Å²) in [6, 6.07) is 3.10. The lowest BCUT2D eigenvalue weighted by Gasteiger charge is -2.27. The number of fused-ring (bicyclic) bond motifs is 5. The topological polar surface area (TPSA) is 102 Å². The molecule has 3 aromatic rings. The van der Waals surface area contributed by atoms with Crippen molar-refractivity contribution in [1.29, 1.82) is 0 Å². The number of hydrogen-bond acceptors (Lipinski definition) is 6. The maximum Gasteiger partial charge on any atom is 0.340 e. The Balaban J connectivity index is 0.000000526. The number of allylic oxidation sites excluding steroid dienone is 1. The molecule has 3 aliphatic rings. The van der Waals surface area contributed by atoms with E-state index < -0.39 is 12.1 Å². The van der Waals surface area contributed by atoms with E-state index in [9.17, 15) is 19.1 Å². The van der Waals surface area contributed by atoms with Gasteiger partial charge in [-0.1, -0.05) is 33.8 Å². The SMILES string of the molecule is C=CC1CCc2c(C)c(F)cc3nc4c(c1c23)Cn1c-4cc2c(c1=O)COC(=O)C2O.CC.CC.CCO. The number of hydrogen-bond donors (Lipinski definition) is 2. The average molecular weight is 525 g/mol. The van der Waals surface area contributed by atoms with E-state index in [-0.39, 0.29) is 41.6 Å². The zero-order valence-electron chi connectivity index (χ0n) is 23.0. The summed E-state index contributed by atoms with van der Waals surface area (Å²) in [5.41, 5.74) is 5.49. The van der Waals surface area contributed by atoms with Crippen molar-refractivity contribution in [2.24, 2.45) is 0 Å². The molecule has 2 atom stereocenters. The van der Waals surface area contributed by atoms with E-state index in [0.29, 0.717) is 29.0 Å². The zero-order valence-corrected chi connectivity index (χ0v) is 23.0. The number of pyridine rings is 2. The molecule has 1 aliphatic carbocycles. The number of cyclic esters (lactones) is 1. The second kappa shape index (κ2) is 12.0. The van der Waals surface area contributed by atoms with Gasteiger partial charge in [-0.25, -0.2) is 14.2 Å². The summed E-state index contributed by atoms with van der Waals surface area (Å²) >= 11 is 0. The quantitative estimate of drug-likeness (QED) is 0.261. The molecular formula is C30H37FN2O5. The van der Waals surface area contributed by atoms with E-state index in [0.717, 1.165) is 34.9 Å². The molecule has 204 valence electrons. The second-order valence-electron chi connectivity index (χ2n) is 8.77. The van der Waals surface area contributed by atoms with Crippen LogP contribution in [0.5, 0.6) is 0 Å². The second-order valence-corrected chi connectivity index (χ2v) is 8.77. The maximum atomic E-state index is 14.7. The fourth-order valence-electron chi connectivity index (χ4n) is 5.37. The molecule has 8 heteroatoms. The molecule has 0 bridgehead atoms. The van der Waals surface area contributed by atoms with Crippen LogP contribution in [0.2, 0.25) is 0 Å². The van der Waals surface area contributed by atoms with Crippen molar-refractivity contribution in [3.8, 4) is 11.4 Å². The van der Waals surface area contributed by atoms with Crippen LogP contribution in [0.4, 0.5) is 4.39 Å². The van der Waals surface area contributed by atoms with Crippen LogP contribution in [0.3, 0.4) is 0 Å². The van der Waals surface area contributed by atoms with Gasteiger partial charge in [-0.05, 0) is 49.4 Å². The van der Waals surface area contributed by atoms with Crippen LogP contribution in [-0.2, 0) is 29.1 Å². The number of nitrogens with zero attached hydrogens (tertiary/aromatic N) is 2. The Morgan fingerprint density at radius 2 is 1.84 bits per heavy atom. The molecule has 0 saturated heterocycles. The van der Waals surface area contributed by atoms with Crippen LogP contribution in [0, 0.1) is 12.7 Å². The molecular weight excluding hydrogens is 487 g/mol. The van der Waals surface area contributed by atoms with Gasteiger partial charge in [0.15, 0.2) is 6.10 Å². The Hall–Kier alpha value is -3.36. The number of aromatic nitrogens is 2. The Bertz CT molecular complexity index is 1440. The van der Waals surface area contributed by atoms with E-state index in [4.69, 9.17) is 14.8 Å². The third-order valence-electron chi connectivity index (χ3n) is 6.98. The molecule has 38 heavy (non-hydrogen) atoms. The summed E-state index contributed by atoms with van der Waals surface area (Å²) in [7, 11) is 0. The van der Waals surface area contributed by atoms with E-state index in [2.05, 4.69) is 6.58 Å². The minimum absolute atomic E-state index is 0.0757. The van der Waals surface area contributed by atoms with Gasteiger partial charge in [-0.3, -0.25) is 4.79 Å². The van der Waals surface area contributed by atoms with Crippen molar-refractivity contribution in [3.05, 3.63) is 74.3 Å². The number of aliphatic hydroxyl groups is 2. The number of halogens is 1. The van der Waals surface area contributed by atoms with E-state index >= 15 is 0 Å². The van der Waals surface area contributed by atoms with Crippen molar-refractivity contribution < 1.29 is 24.1 Å². The number of carbonyl (C=O) groups excluding carboxylic acids is 1. The normalized spacial score (nSPS) is 17.8. The Morgan fingerprint density at radius 1 is 1.18 bits per heavy atom. The number of rotatable bonds is 1. The zero-order chi connectivity index (χ0) is 28.3. The highest BCUT2D eigenvalue weighted by molar-refractivity contribution is 5.93. The molecule has 0 saturated carbocycles. The number of carbonyl (C=O) groups is 1. The Kier molecular flexibility index (Phi) is 9.22. The van der Waals surface area contributed by atoms with Gasteiger partial charge in [0.05, 0.1) is 29.0 Å². The first-order valence-corrected chi connectivity index (χ1v) is 13.3. The van der Waals surface area contributed by atoms with Crippen molar-refractivity contribution >= 4 is 16.9 Å². The third kappa shape index (κ3) is 4.56. The molecule has 7 nitrogen and oxygen atoms in total. The first kappa shape index (κ1) is 29.2. The number of aryl methyl sites for hydroxylation is 1. The van der Waals surface area contributed by atoms with Crippen molar-refractivity contribution in [2.45, 2.75) is 79.6 Å². The first-order chi connectivity index (χ1) is 18.3. The predicted octanol–water partition coefficient (Wildman–Crippen LogP) is 5.23. The molecule has 2 N–H and O–H groups in total. The van der Waals surface area contributed by atoms with Crippen molar-refractivity contribution in [3.63, 3.8) is 0 Å². The van der Waals surface area contributed by atoms with Crippen LogP contribution >= 0.6 is 0 Å². The lowest BCUT2D eigenvalue weighted by molar-refractivity contribution is -0.157. The van der Waals surface area contributed by atoms with Gasteiger partial charge in [-0.15, -0.1) is 6.58 Å². The lowest BCUT2D eigenvalue weighted by Crippen LogP contribution is -2.32. The van der Waals surface area contributed by atoms with Gasteiger partial charge in [0, 0.05) is 35.1 Å². The number of esters is 1. The highest BCUT2D eigenvalue weighted by Gasteiger charge is 2.36. The smallest absolute Gasteiger partial charge is 0.340 e. The van der Waals surface area contributed by atoms with Crippen LogP contribution in [0.1, 0.15) is 86.4 Å². The number of benzene rings is 1. The van der Waals surface area contributed by atoms with Gasteiger partial charge in [-0.2, -0.15) is 0 Å². The summed E-state index contributed by atoms with van der Waals surface area (Å²) < 4.78 is 21.2. The number of ether oxygens (including phenoxy) is 1. The minimum atomic E-state index is -1.50. The molecule has 0 fully saturated rings. The fourth-order valence-corrected chi connectivity index (χ4v) is 5.37. The van der Waals surface area contributed by atoms with Crippen LogP contribution in [0.25, 0.3) is 22.3 Å². The molecule has 2 unspecified atom stereocenters. The van der Waals surface area contributed by atoms with E-state index in [1.54, 1.807) is 24.5 Å². The number of aliphatic hydroxyl groups excluding tert-OH is 2. The predicted molar refractivity (Wildman–Crippen MR) is 147 cm³/mol. The molecule has 0 amide bonds. The lowest BCUT2D eigenvalue weighted by atomic mass is 9.78. The van der Waals surface area contributed by atoms with Gasteiger partial charge < -0.3 is 19.5 Å².